The second-order valence-corrected chi connectivity index (χ2v) is 8.19. The third-order valence-electron chi connectivity index (χ3n) is 4.22. The minimum absolute atomic E-state index is 0.0118. The number of aromatic nitrogens is 2. The van der Waals surface area contributed by atoms with Crippen LogP contribution in [0.5, 0.6) is 0 Å². The zero-order valence-corrected chi connectivity index (χ0v) is 14.0. The molecule has 2 heterocycles. The highest BCUT2D eigenvalue weighted by Gasteiger charge is 2.35. The Morgan fingerprint density at radius 3 is 2.75 bits per heavy atom. The van der Waals surface area contributed by atoms with Crippen LogP contribution in [0, 0.1) is 11.7 Å². The molecule has 1 fully saturated rings. The molecule has 8 heteroatoms. The third-order valence-corrected chi connectivity index (χ3v) is 5.99. The maximum atomic E-state index is 14.2. The SMILES string of the molecule is Cn1ccnc1C(NC(=O)C1CCS(=O)(=O)C1)c1ccccc1F. The Bertz CT molecular complexity index is 863. The summed E-state index contributed by atoms with van der Waals surface area (Å²) in [6, 6.07) is 5.37. The lowest BCUT2D eigenvalue weighted by atomic mass is 10.0. The molecule has 1 aromatic carbocycles. The van der Waals surface area contributed by atoms with Gasteiger partial charge in [0, 0.05) is 25.0 Å². The summed E-state index contributed by atoms with van der Waals surface area (Å²) in [6.07, 6.45) is 3.56. The van der Waals surface area contributed by atoms with Crippen LogP contribution in [0.25, 0.3) is 0 Å². The van der Waals surface area contributed by atoms with E-state index < -0.39 is 33.5 Å². The molecule has 24 heavy (non-hydrogen) atoms. The molecule has 3 rings (SSSR count). The van der Waals surface area contributed by atoms with E-state index in [1.807, 2.05) is 0 Å². The van der Waals surface area contributed by atoms with Gasteiger partial charge in [-0.25, -0.2) is 17.8 Å². The molecule has 2 aromatic rings. The number of hydrogen-bond acceptors (Lipinski definition) is 4. The summed E-state index contributed by atoms with van der Waals surface area (Å²) in [5.74, 6) is -1.13. The molecule has 2 atom stereocenters. The minimum Gasteiger partial charge on any atom is -0.342 e. The number of amides is 1. The predicted molar refractivity (Wildman–Crippen MR) is 86.4 cm³/mol. The van der Waals surface area contributed by atoms with Gasteiger partial charge in [0.1, 0.15) is 17.7 Å². The standard InChI is InChI=1S/C16H18FN3O3S/c1-20-8-7-18-15(20)14(12-4-2-3-5-13(12)17)19-16(21)11-6-9-24(22,23)10-11/h2-5,7-8,11,14H,6,9-10H2,1H3,(H,19,21). The Morgan fingerprint density at radius 1 is 1.42 bits per heavy atom. The monoisotopic (exact) mass is 351 g/mol. The lowest BCUT2D eigenvalue weighted by molar-refractivity contribution is -0.124. The molecule has 0 spiro atoms. The third kappa shape index (κ3) is 3.33. The molecule has 1 amide bonds. The van der Waals surface area contributed by atoms with Crippen molar-refractivity contribution >= 4 is 15.7 Å². The van der Waals surface area contributed by atoms with Crippen LogP contribution < -0.4 is 5.32 Å². The molecule has 1 saturated heterocycles. The molecular formula is C16H18FN3O3S. The van der Waals surface area contributed by atoms with E-state index >= 15 is 0 Å². The van der Waals surface area contributed by atoms with Crippen molar-refractivity contribution < 1.29 is 17.6 Å². The summed E-state index contributed by atoms with van der Waals surface area (Å²) in [5, 5.41) is 2.77. The molecule has 1 aliphatic heterocycles. The number of halogens is 1. The normalized spacial score (nSPS) is 20.7. The Morgan fingerprint density at radius 2 is 2.17 bits per heavy atom. The molecule has 2 unspecified atom stereocenters. The van der Waals surface area contributed by atoms with Crippen LogP contribution in [0.1, 0.15) is 23.9 Å². The van der Waals surface area contributed by atoms with Gasteiger partial charge in [-0.15, -0.1) is 0 Å². The van der Waals surface area contributed by atoms with E-state index in [0.29, 0.717) is 17.8 Å². The Hall–Kier alpha value is -2.22. The number of hydrogen-bond donors (Lipinski definition) is 1. The number of benzene rings is 1. The van der Waals surface area contributed by atoms with E-state index in [1.54, 1.807) is 42.2 Å². The first kappa shape index (κ1) is 16.6. The van der Waals surface area contributed by atoms with E-state index in [-0.39, 0.29) is 11.5 Å². The molecule has 0 saturated carbocycles. The average molecular weight is 351 g/mol. The van der Waals surface area contributed by atoms with Gasteiger partial charge >= 0.3 is 0 Å². The Labute approximate surface area is 139 Å². The van der Waals surface area contributed by atoms with Crippen molar-refractivity contribution in [1.82, 2.24) is 14.9 Å². The highest BCUT2D eigenvalue weighted by molar-refractivity contribution is 7.91. The minimum atomic E-state index is -3.17. The van der Waals surface area contributed by atoms with E-state index in [0.717, 1.165) is 0 Å². The highest BCUT2D eigenvalue weighted by Crippen LogP contribution is 2.25. The van der Waals surface area contributed by atoms with Crippen molar-refractivity contribution in [1.29, 1.82) is 0 Å². The number of nitrogens with one attached hydrogen (secondary N) is 1. The molecule has 1 N–H and O–H groups in total. The van der Waals surface area contributed by atoms with Crippen molar-refractivity contribution in [3.8, 4) is 0 Å². The second-order valence-electron chi connectivity index (χ2n) is 5.96. The van der Waals surface area contributed by atoms with Gasteiger partial charge in [0.15, 0.2) is 9.84 Å². The second kappa shape index (κ2) is 6.35. The quantitative estimate of drug-likeness (QED) is 0.897. The molecular weight excluding hydrogens is 333 g/mol. The lowest BCUT2D eigenvalue weighted by Gasteiger charge is -2.21. The zero-order chi connectivity index (χ0) is 17.3. The zero-order valence-electron chi connectivity index (χ0n) is 13.1. The number of imidazole rings is 1. The number of rotatable bonds is 4. The number of nitrogens with zero attached hydrogens (tertiary/aromatic N) is 2. The molecule has 1 aromatic heterocycles. The first-order valence-electron chi connectivity index (χ1n) is 7.60. The van der Waals surface area contributed by atoms with E-state index in [2.05, 4.69) is 10.3 Å². The smallest absolute Gasteiger partial charge is 0.225 e. The van der Waals surface area contributed by atoms with Gasteiger partial charge in [0.2, 0.25) is 5.91 Å². The summed E-state index contributed by atoms with van der Waals surface area (Å²) < 4.78 is 39.1. The van der Waals surface area contributed by atoms with Crippen LogP contribution in [-0.2, 0) is 21.7 Å². The fourth-order valence-electron chi connectivity index (χ4n) is 2.91. The maximum absolute atomic E-state index is 14.2. The summed E-state index contributed by atoms with van der Waals surface area (Å²) in [6.45, 7) is 0. The van der Waals surface area contributed by atoms with Gasteiger partial charge < -0.3 is 9.88 Å². The summed E-state index contributed by atoms with van der Waals surface area (Å²) in [4.78, 5) is 16.7. The lowest BCUT2D eigenvalue weighted by Crippen LogP contribution is -2.36. The molecule has 1 aliphatic rings. The maximum Gasteiger partial charge on any atom is 0.225 e. The van der Waals surface area contributed by atoms with Crippen molar-refractivity contribution in [3.63, 3.8) is 0 Å². The number of sulfone groups is 1. The van der Waals surface area contributed by atoms with Crippen LogP contribution in [0.15, 0.2) is 36.7 Å². The van der Waals surface area contributed by atoms with Gasteiger partial charge in [-0.05, 0) is 12.5 Å². The first-order valence-corrected chi connectivity index (χ1v) is 9.42. The molecule has 6 nitrogen and oxygen atoms in total. The predicted octanol–water partition coefficient (Wildman–Crippen LogP) is 1.20. The topological polar surface area (TPSA) is 81.1 Å². The van der Waals surface area contributed by atoms with Crippen LogP contribution in [0.4, 0.5) is 4.39 Å². The van der Waals surface area contributed by atoms with Crippen LogP contribution in [0.2, 0.25) is 0 Å². The number of carbonyl (C=O) groups is 1. The van der Waals surface area contributed by atoms with Crippen molar-refractivity contribution in [2.75, 3.05) is 11.5 Å². The van der Waals surface area contributed by atoms with Crippen LogP contribution in [0.3, 0.4) is 0 Å². The first-order chi connectivity index (χ1) is 11.4. The molecule has 128 valence electrons. The average Bonchev–Trinajstić information content (AvgIpc) is 3.11. The van der Waals surface area contributed by atoms with Gasteiger partial charge in [-0.2, -0.15) is 0 Å². The fraction of sp³-hybridized carbons (Fsp3) is 0.375. The Kier molecular flexibility index (Phi) is 4.40. The highest BCUT2D eigenvalue weighted by atomic mass is 32.2. The van der Waals surface area contributed by atoms with Gasteiger partial charge in [0.25, 0.3) is 0 Å². The molecule has 0 bridgehead atoms. The summed E-state index contributed by atoms with van der Waals surface area (Å²) in [5.41, 5.74) is 0.293. The van der Waals surface area contributed by atoms with Crippen molar-refractivity contribution in [2.45, 2.75) is 12.5 Å². The van der Waals surface area contributed by atoms with E-state index in [4.69, 9.17) is 0 Å². The van der Waals surface area contributed by atoms with Gasteiger partial charge in [-0.1, -0.05) is 18.2 Å². The molecule has 0 aliphatic carbocycles. The van der Waals surface area contributed by atoms with E-state index in [9.17, 15) is 17.6 Å². The van der Waals surface area contributed by atoms with Crippen LogP contribution >= 0.6 is 0 Å². The summed E-state index contributed by atoms with van der Waals surface area (Å²) in [7, 11) is -1.41. The van der Waals surface area contributed by atoms with E-state index in [1.165, 1.54) is 6.07 Å². The van der Waals surface area contributed by atoms with Crippen molar-refractivity contribution in [2.24, 2.45) is 13.0 Å². The molecule has 0 radical (unpaired) electrons. The Balaban J connectivity index is 1.90. The largest absolute Gasteiger partial charge is 0.342 e. The van der Waals surface area contributed by atoms with Gasteiger partial charge in [-0.3, -0.25) is 4.79 Å². The summed E-state index contributed by atoms with van der Waals surface area (Å²) >= 11 is 0. The number of carbonyl (C=O) groups excluding carboxylic acids is 1. The fourth-order valence-corrected chi connectivity index (χ4v) is 4.65. The van der Waals surface area contributed by atoms with Gasteiger partial charge in [0.05, 0.1) is 17.4 Å². The van der Waals surface area contributed by atoms with Crippen LogP contribution in [-0.4, -0.2) is 35.4 Å². The number of aryl methyl sites for hydroxylation is 1. The van der Waals surface area contributed by atoms with Crippen molar-refractivity contribution in [3.05, 3.63) is 53.9 Å².